The number of nitrogens with zero attached hydrogens (tertiary/aromatic N) is 1. The molecule has 0 atom stereocenters. The van der Waals surface area contributed by atoms with Gasteiger partial charge in [-0.1, -0.05) is 6.07 Å². The second-order valence-corrected chi connectivity index (χ2v) is 6.98. The maximum absolute atomic E-state index is 12.5. The fraction of sp³-hybridized carbons (Fsp3) is 0.190. The van der Waals surface area contributed by atoms with Gasteiger partial charge in [-0.3, -0.25) is 14.9 Å². The third-order valence-electron chi connectivity index (χ3n) is 4.11. The molecule has 3 aromatic rings. The molecule has 0 aliphatic rings. The summed E-state index contributed by atoms with van der Waals surface area (Å²) in [5.41, 5.74) is 1.60. The van der Waals surface area contributed by atoms with E-state index < -0.39 is 0 Å². The van der Waals surface area contributed by atoms with Crippen LogP contribution in [0.15, 0.2) is 47.8 Å². The fourth-order valence-corrected chi connectivity index (χ4v) is 3.37. The number of benzene rings is 2. The van der Waals surface area contributed by atoms with Crippen molar-refractivity contribution in [3.63, 3.8) is 0 Å². The highest BCUT2D eigenvalue weighted by Gasteiger charge is 2.14. The van der Waals surface area contributed by atoms with Gasteiger partial charge in [-0.15, -0.1) is 11.3 Å². The highest BCUT2D eigenvalue weighted by molar-refractivity contribution is 7.14. The van der Waals surface area contributed by atoms with Crippen LogP contribution in [0, 0.1) is 0 Å². The minimum Gasteiger partial charge on any atom is -0.497 e. The molecule has 0 bridgehead atoms. The van der Waals surface area contributed by atoms with Crippen molar-refractivity contribution in [2.75, 3.05) is 32.0 Å². The van der Waals surface area contributed by atoms with E-state index in [9.17, 15) is 9.59 Å². The van der Waals surface area contributed by atoms with E-state index >= 15 is 0 Å². The molecule has 156 valence electrons. The molecule has 0 unspecified atom stereocenters. The number of thiazole rings is 1. The highest BCUT2D eigenvalue weighted by Crippen LogP contribution is 2.28. The molecule has 3 rings (SSSR count). The summed E-state index contributed by atoms with van der Waals surface area (Å²) >= 11 is 1.25. The molecule has 2 amide bonds. The van der Waals surface area contributed by atoms with Crippen LogP contribution in [0.1, 0.15) is 16.1 Å². The molecule has 0 saturated heterocycles. The first-order chi connectivity index (χ1) is 14.5. The van der Waals surface area contributed by atoms with Crippen molar-refractivity contribution in [2.24, 2.45) is 0 Å². The number of methoxy groups -OCH3 is 3. The normalized spacial score (nSPS) is 10.2. The largest absolute Gasteiger partial charge is 0.497 e. The van der Waals surface area contributed by atoms with Crippen molar-refractivity contribution in [1.29, 1.82) is 0 Å². The predicted molar refractivity (Wildman–Crippen MR) is 115 cm³/mol. The first-order valence-electron chi connectivity index (χ1n) is 8.94. The Labute approximate surface area is 177 Å². The minimum atomic E-state index is -0.335. The van der Waals surface area contributed by atoms with Crippen LogP contribution in [-0.4, -0.2) is 38.1 Å². The van der Waals surface area contributed by atoms with Crippen molar-refractivity contribution in [3.8, 4) is 17.2 Å². The van der Waals surface area contributed by atoms with Gasteiger partial charge >= 0.3 is 0 Å². The van der Waals surface area contributed by atoms with Crippen LogP contribution < -0.4 is 24.8 Å². The number of amides is 2. The third kappa shape index (κ3) is 5.26. The zero-order chi connectivity index (χ0) is 21.5. The van der Waals surface area contributed by atoms with Gasteiger partial charge < -0.3 is 19.5 Å². The third-order valence-corrected chi connectivity index (χ3v) is 4.92. The zero-order valence-electron chi connectivity index (χ0n) is 16.7. The van der Waals surface area contributed by atoms with E-state index in [2.05, 4.69) is 15.6 Å². The number of aromatic nitrogens is 1. The number of rotatable bonds is 8. The summed E-state index contributed by atoms with van der Waals surface area (Å²) in [5, 5.41) is 7.66. The Hall–Kier alpha value is -3.59. The number of anilines is 2. The first kappa shape index (κ1) is 21.1. The molecule has 0 fully saturated rings. The van der Waals surface area contributed by atoms with Gasteiger partial charge in [0.25, 0.3) is 5.91 Å². The molecule has 2 N–H and O–H groups in total. The Balaban J connectivity index is 1.60. The van der Waals surface area contributed by atoms with Gasteiger partial charge in [-0.25, -0.2) is 4.98 Å². The van der Waals surface area contributed by atoms with Crippen molar-refractivity contribution in [3.05, 3.63) is 59.1 Å². The molecule has 1 aromatic heterocycles. The maximum Gasteiger partial charge on any atom is 0.257 e. The molecule has 0 spiro atoms. The Morgan fingerprint density at radius 1 is 0.967 bits per heavy atom. The summed E-state index contributed by atoms with van der Waals surface area (Å²) in [6.45, 7) is 0. The van der Waals surface area contributed by atoms with Crippen LogP contribution >= 0.6 is 11.3 Å². The van der Waals surface area contributed by atoms with Gasteiger partial charge in [0.05, 0.1) is 33.4 Å². The lowest BCUT2D eigenvalue weighted by atomic mass is 10.2. The molecule has 30 heavy (non-hydrogen) atoms. The highest BCUT2D eigenvalue weighted by atomic mass is 32.1. The number of nitrogens with one attached hydrogen (secondary N) is 2. The molecule has 1 heterocycles. The minimum absolute atomic E-state index is 0.0833. The second kappa shape index (κ2) is 9.75. The average Bonchev–Trinajstić information content (AvgIpc) is 3.19. The fourth-order valence-electron chi connectivity index (χ4n) is 2.66. The lowest BCUT2D eigenvalue weighted by Crippen LogP contribution is -2.15. The first-order valence-corrected chi connectivity index (χ1v) is 9.82. The van der Waals surface area contributed by atoms with Crippen molar-refractivity contribution < 1.29 is 23.8 Å². The Bertz CT molecular complexity index is 1050. The number of carbonyl (C=O) groups is 2. The lowest BCUT2D eigenvalue weighted by Gasteiger charge is -2.09. The van der Waals surface area contributed by atoms with E-state index in [-0.39, 0.29) is 18.2 Å². The standard InChI is InChI=1S/C21H21N3O5S/c1-27-16-6-4-5-14(10-16)22-19(25)11-15-12-30-21(23-15)24-20(26)13-7-8-17(28-2)18(9-13)29-3/h4-10,12H,11H2,1-3H3,(H,22,25)(H,23,24,26). The summed E-state index contributed by atoms with van der Waals surface area (Å²) in [7, 11) is 4.59. The van der Waals surface area contributed by atoms with Crippen LogP contribution in [0.4, 0.5) is 10.8 Å². The molecule has 0 aliphatic carbocycles. The van der Waals surface area contributed by atoms with Crippen molar-refractivity contribution in [2.45, 2.75) is 6.42 Å². The SMILES string of the molecule is COc1cccc(NC(=O)Cc2csc(NC(=O)c3ccc(OC)c(OC)c3)n2)c1. The van der Waals surface area contributed by atoms with Crippen LogP contribution in [0.2, 0.25) is 0 Å². The quantitative estimate of drug-likeness (QED) is 0.570. The van der Waals surface area contributed by atoms with Gasteiger partial charge in [0.1, 0.15) is 5.75 Å². The molecular formula is C21H21N3O5S. The maximum atomic E-state index is 12.5. The predicted octanol–water partition coefficient (Wildman–Crippen LogP) is 3.60. The summed E-state index contributed by atoms with van der Waals surface area (Å²) in [4.78, 5) is 29.1. The zero-order valence-corrected chi connectivity index (χ0v) is 17.5. The number of hydrogen-bond acceptors (Lipinski definition) is 7. The van der Waals surface area contributed by atoms with Crippen LogP contribution in [0.25, 0.3) is 0 Å². The lowest BCUT2D eigenvalue weighted by molar-refractivity contribution is -0.115. The molecule has 8 nitrogen and oxygen atoms in total. The molecular weight excluding hydrogens is 406 g/mol. The topological polar surface area (TPSA) is 98.8 Å². The van der Waals surface area contributed by atoms with Gasteiger partial charge in [-0.05, 0) is 30.3 Å². The van der Waals surface area contributed by atoms with E-state index in [0.29, 0.717) is 39.3 Å². The van der Waals surface area contributed by atoms with E-state index in [1.807, 2.05) is 0 Å². The number of carbonyl (C=O) groups excluding carboxylic acids is 2. The average molecular weight is 427 g/mol. The van der Waals surface area contributed by atoms with Crippen molar-refractivity contribution >= 4 is 34.0 Å². The Morgan fingerprint density at radius 2 is 1.77 bits per heavy atom. The number of hydrogen-bond donors (Lipinski definition) is 2. The van der Waals surface area contributed by atoms with Gasteiger partial charge in [-0.2, -0.15) is 0 Å². The van der Waals surface area contributed by atoms with E-state index in [4.69, 9.17) is 14.2 Å². The summed E-state index contributed by atoms with van der Waals surface area (Å²) in [6, 6.07) is 12.0. The smallest absolute Gasteiger partial charge is 0.257 e. The van der Waals surface area contributed by atoms with Crippen LogP contribution in [0.3, 0.4) is 0 Å². The van der Waals surface area contributed by atoms with Gasteiger partial charge in [0.2, 0.25) is 5.91 Å². The molecule has 0 aliphatic heterocycles. The Morgan fingerprint density at radius 3 is 2.50 bits per heavy atom. The molecule has 0 radical (unpaired) electrons. The van der Waals surface area contributed by atoms with E-state index in [1.165, 1.54) is 25.6 Å². The molecule has 9 heteroatoms. The van der Waals surface area contributed by atoms with Gasteiger partial charge in [0, 0.05) is 22.7 Å². The van der Waals surface area contributed by atoms with Crippen LogP contribution in [-0.2, 0) is 11.2 Å². The van der Waals surface area contributed by atoms with Gasteiger partial charge in [0.15, 0.2) is 16.6 Å². The summed E-state index contributed by atoms with van der Waals surface area (Å²) in [6.07, 6.45) is 0.0833. The molecule has 0 saturated carbocycles. The van der Waals surface area contributed by atoms with E-state index in [0.717, 1.165) is 0 Å². The monoisotopic (exact) mass is 427 g/mol. The van der Waals surface area contributed by atoms with Crippen molar-refractivity contribution in [1.82, 2.24) is 4.98 Å². The Kier molecular flexibility index (Phi) is 6.87. The second-order valence-electron chi connectivity index (χ2n) is 6.12. The summed E-state index contributed by atoms with van der Waals surface area (Å²) in [5.74, 6) is 1.09. The summed E-state index contributed by atoms with van der Waals surface area (Å²) < 4.78 is 15.5. The van der Waals surface area contributed by atoms with E-state index in [1.54, 1.807) is 55.0 Å². The van der Waals surface area contributed by atoms with Crippen LogP contribution in [0.5, 0.6) is 17.2 Å². The molecule has 2 aromatic carbocycles. The number of ether oxygens (including phenoxy) is 3.